The summed E-state index contributed by atoms with van der Waals surface area (Å²) in [5.74, 6) is -0.535. The Labute approximate surface area is 170 Å². The second kappa shape index (κ2) is 9.92. The number of likely N-dealkylation sites (N-methyl/N-ethyl adjacent to an activating group) is 1. The number of nitrogens with zero attached hydrogens (tertiary/aromatic N) is 2. The quantitative estimate of drug-likeness (QED) is 0.299. The molecule has 11 heteroatoms. The van der Waals surface area contributed by atoms with Gasteiger partial charge >= 0.3 is 0 Å². The molecule has 0 saturated heterocycles. The highest BCUT2D eigenvalue weighted by Crippen LogP contribution is 2.17. The van der Waals surface area contributed by atoms with Crippen LogP contribution in [0.15, 0.2) is 35.3 Å². The molecule has 158 valence electrons. The van der Waals surface area contributed by atoms with Crippen molar-refractivity contribution in [2.24, 2.45) is 0 Å². The van der Waals surface area contributed by atoms with Crippen molar-refractivity contribution in [3.8, 4) is 11.4 Å². The maximum Gasteiger partial charge on any atom is 0.264 e. The number of benzene rings is 1. The molecule has 2 rings (SSSR count). The first-order valence-electron chi connectivity index (χ1n) is 8.59. The largest absolute Gasteiger partial charge is 0.394 e. The molecule has 4 atom stereocenters. The topological polar surface area (TPSA) is 167 Å². The summed E-state index contributed by atoms with van der Waals surface area (Å²) in [6.07, 6.45) is -5.85. The van der Waals surface area contributed by atoms with E-state index >= 15 is 0 Å². The number of aromatic amines is 1. The second-order valence-electron chi connectivity index (χ2n) is 6.47. The SMILES string of the molecule is CN(CC(O)C(O)C(O)C(O)CO)C(=O)c1cnc(-c2ccc(Cl)cc2)[nH]c1=O. The van der Waals surface area contributed by atoms with Crippen molar-refractivity contribution in [1.82, 2.24) is 14.9 Å². The molecule has 0 spiro atoms. The number of hydrogen-bond acceptors (Lipinski definition) is 8. The van der Waals surface area contributed by atoms with Crippen molar-refractivity contribution in [2.75, 3.05) is 20.2 Å². The fraction of sp³-hybridized carbons (Fsp3) is 0.389. The molecule has 0 saturated carbocycles. The predicted octanol–water partition coefficient (Wildman–Crippen LogP) is -1.40. The number of carbonyl (C=O) groups excluding carboxylic acids is 1. The summed E-state index contributed by atoms with van der Waals surface area (Å²) in [5, 5.41) is 48.1. The molecule has 0 aliphatic heterocycles. The van der Waals surface area contributed by atoms with Crippen LogP contribution in [0.5, 0.6) is 0 Å². The van der Waals surface area contributed by atoms with Gasteiger partial charge < -0.3 is 35.4 Å². The molecule has 0 aliphatic carbocycles. The van der Waals surface area contributed by atoms with Crippen molar-refractivity contribution in [3.05, 3.63) is 51.4 Å². The summed E-state index contributed by atoms with van der Waals surface area (Å²) in [6, 6.07) is 6.55. The fourth-order valence-electron chi connectivity index (χ4n) is 2.54. The van der Waals surface area contributed by atoms with Crippen molar-refractivity contribution < 1.29 is 30.3 Å². The first-order valence-corrected chi connectivity index (χ1v) is 8.97. The van der Waals surface area contributed by atoms with Gasteiger partial charge in [-0.15, -0.1) is 0 Å². The van der Waals surface area contributed by atoms with E-state index in [1.165, 1.54) is 7.05 Å². The lowest BCUT2D eigenvalue weighted by molar-refractivity contribution is -0.117. The van der Waals surface area contributed by atoms with Crippen LogP contribution in [0.2, 0.25) is 5.02 Å². The van der Waals surface area contributed by atoms with Crippen LogP contribution in [-0.4, -0.2) is 90.9 Å². The minimum absolute atomic E-state index is 0.238. The van der Waals surface area contributed by atoms with Crippen LogP contribution in [0.4, 0.5) is 0 Å². The summed E-state index contributed by atoms with van der Waals surface area (Å²) >= 11 is 5.82. The molecule has 2 aromatic rings. The molecule has 10 nitrogen and oxygen atoms in total. The number of rotatable bonds is 8. The first kappa shape index (κ1) is 22.9. The third-order valence-corrected chi connectivity index (χ3v) is 4.53. The zero-order valence-corrected chi connectivity index (χ0v) is 16.2. The Hall–Kier alpha value is -2.34. The minimum Gasteiger partial charge on any atom is -0.394 e. The van der Waals surface area contributed by atoms with Crippen molar-refractivity contribution >= 4 is 17.5 Å². The number of H-pyrrole nitrogens is 1. The van der Waals surface area contributed by atoms with E-state index in [4.69, 9.17) is 16.7 Å². The first-order chi connectivity index (χ1) is 13.6. The van der Waals surface area contributed by atoms with Crippen LogP contribution in [-0.2, 0) is 0 Å². The normalized spacial score (nSPS) is 15.4. The third kappa shape index (κ3) is 5.60. The lowest BCUT2D eigenvalue weighted by Crippen LogP contribution is -2.50. The lowest BCUT2D eigenvalue weighted by atomic mass is 10.0. The maximum absolute atomic E-state index is 12.5. The highest BCUT2D eigenvalue weighted by Gasteiger charge is 2.31. The van der Waals surface area contributed by atoms with E-state index in [9.17, 15) is 30.0 Å². The summed E-state index contributed by atoms with van der Waals surface area (Å²) in [7, 11) is 1.28. The molecule has 0 fully saturated rings. The molecule has 1 amide bonds. The number of aromatic nitrogens is 2. The fourth-order valence-corrected chi connectivity index (χ4v) is 2.67. The smallest absolute Gasteiger partial charge is 0.264 e. The molecular weight excluding hydrogens is 406 g/mol. The highest BCUT2D eigenvalue weighted by atomic mass is 35.5. The summed E-state index contributed by atoms with van der Waals surface area (Å²) in [4.78, 5) is 32.3. The van der Waals surface area contributed by atoms with E-state index in [1.807, 2.05) is 0 Å². The molecular formula is C18H22ClN3O7. The van der Waals surface area contributed by atoms with Crippen molar-refractivity contribution in [3.63, 3.8) is 0 Å². The molecule has 0 aliphatic rings. The minimum atomic E-state index is -1.82. The molecule has 4 unspecified atom stereocenters. The Morgan fingerprint density at radius 3 is 2.28 bits per heavy atom. The summed E-state index contributed by atoms with van der Waals surface area (Å²) < 4.78 is 0. The van der Waals surface area contributed by atoms with E-state index < -0.39 is 49.0 Å². The predicted molar refractivity (Wildman–Crippen MR) is 103 cm³/mol. The molecule has 6 N–H and O–H groups in total. The molecule has 29 heavy (non-hydrogen) atoms. The van der Waals surface area contributed by atoms with Gasteiger partial charge in [-0.1, -0.05) is 11.6 Å². The van der Waals surface area contributed by atoms with Gasteiger partial charge in [0.1, 0.15) is 35.8 Å². The Morgan fingerprint density at radius 2 is 1.72 bits per heavy atom. The van der Waals surface area contributed by atoms with Gasteiger partial charge in [0.15, 0.2) is 0 Å². The molecule has 1 heterocycles. The van der Waals surface area contributed by atoms with Gasteiger partial charge in [0.05, 0.1) is 6.61 Å². The zero-order chi connectivity index (χ0) is 21.7. The van der Waals surface area contributed by atoms with Crippen LogP contribution in [0.3, 0.4) is 0 Å². The van der Waals surface area contributed by atoms with Crippen molar-refractivity contribution in [2.45, 2.75) is 24.4 Å². The van der Waals surface area contributed by atoms with Crippen LogP contribution in [0.25, 0.3) is 11.4 Å². The molecule has 0 radical (unpaired) electrons. The van der Waals surface area contributed by atoms with E-state index in [-0.39, 0.29) is 11.4 Å². The van der Waals surface area contributed by atoms with E-state index in [1.54, 1.807) is 24.3 Å². The zero-order valence-electron chi connectivity index (χ0n) is 15.4. The molecule has 1 aromatic heterocycles. The number of amides is 1. The van der Waals surface area contributed by atoms with Crippen LogP contribution in [0.1, 0.15) is 10.4 Å². The van der Waals surface area contributed by atoms with Gasteiger partial charge in [0.2, 0.25) is 0 Å². The van der Waals surface area contributed by atoms with E-state index in [0.29, 0.717) is 10.6 Å². The van der Waals surface area contributed by atoms with E-state index in [0.717, 1.165) is 11.1 Å². The highest BCUT2D eigenvalue weighted by molar-refractivity contribution is 6.30. The van der Waals surface area contributed by atoms with Gasteiger partial charge in [0.25, 0.3) is 11.5 Å². The van der Waals surface area contributed by atoms with Gasteiger partial charge in [-0.25, -0.2) is 4.98 Å². The maximum atomic E-state index is 12.5. The monoisotopic (exact) mass is 427 g/mol. The van der Waals surface area contributed by atoms with Gasteiger partial charge in [0, 0.05) is 30.4 Å². The number of aliphatic hydroxyl groups is 5. The number of nitrogens with one attached hydrogen (secondary N) is 1. The van der Waals surface area contributed by atoms with E-state index in [2.05, 4.69) is 9.97 Å². The number of carbonyl (C=O) groups is 1. The third-order valence-electron chi connectivity index (χ3n) is 4.28. The lowest BCUT2D eigenvalue weighted by Gasteiger charge is -2.28. The van der Waals surface area contributed by atoms with Gasteiger partial charge in [-0.05, 0) is 24.3 Å². The Balaban J connectivity index is 2.11. The standard InChI is InChI=1S/C18H22ClN3O7/c1-22(7-12(24)14(26)15(27)13(25)8-23)18(29)11-6-20-16(21-17(11)28)9-2-4-10(19)5-3-9/h2-6,12-15,23-27H,7-8H2,1H3,(H,20,21,28). The molecule has 0 bridgehead atoms. The summed E-state index contributed by atoms with van der Waals surface area (Å²) in [5.41, 5.74) is -0.399. The Bertz CT molecular complexity index is 890. The average Bonchev–Trinajstić information content (AvgIpc) is 2.71. The Morgan fingerprint density at radius 1 is 1.14 bits per heavy atom. The van der Waals surface area contributed by atoms with Crippen LogP contribution in [0, 0.1) is 0 Å². The van der Waals surface area contributed by atoms with Crippen LogP contribution >= 0.6 is 11.6 Å². The number of hydrogen-bond donors (Lipinski definition) is 6. The Kier molecular flexibility index (Phi) is 7.85. The van der Waals surface area contributed by atoms with Crippen LogP contribution < -0.4 is 5.56 Å². The second-order valence-corrected chi connectivity index (χ2v) is 6.90. The average molecular weight is 428 g/mol. The van der Waals surface area contributed by atoms with Gasteiger partial charge in [-0.2, -0.15) is 0 Å². The number of aliphatic hydroxyl groups excluding tert-OH is 5. The summed E-state index contributed by atoms with van der Waals surface area (Å²) in [6.45, 7) is -1.27. The van der Waals surface area contributed by atoms with Crippen molar-refractivity contribution in [1.29, 1.82) is 0 Å². The number of halogens is 1. The van der Waals surface area contributed by atoms with Gasteiger partial charge in [-0.3, -0.25) is 9.59 Å². The molecule has 1 aromatic carbocycles.